The molecule has 0 spiro atoms. The number of anilines is 1. The Bertz CT molecular complexity index is 1250. The van der Waals surface area contributed by atoms with Crippen molar-refractivity contribution in [1.29, 1.82) is 0 Å². The molecule has 0 aliphatic carbocycles. The van der Waals surface area contributed by atoms with Crippen molar-refractivity contribution in [3.05, 3.63) is 71.9 Å². The second-order valence-corrected chi connectivity index (χ2v) is 6.36. The summed E-state index contributed by atoms with van der Waals surface area (Å²) in [5, 5.41) is 6.07. The van der Waals surface area contributed by atoms with Gasteiger partial charge >= 0.3 is 6.18 Å². The maximum Gasteiger partial charge on any atom is 0.433 e. The Morgan fingerprint density at radius 3 is 2.32 bits per heavy atom. The van der Waals surface area contributed by atoms with Crippen molar-refractivity contribution < 1.29 is 27.1 Å². The first-order valence-corrected chi connectivity index (χ1v) is 8.81. The predicted octanol–water partition coefficient (Wildman–Crippen LogP) is 4.21. The number of aromatic nitrogens is 4. The number of carbonyl (C=O) groups excluding carboxylic acids is 1. The highest BCUT2D eigenvalue weighted by molar-refractivity contribution is 6.01. The molecular formula is C20H13F4N5O2. The van der Waals surface area contributed by atoms with Gasteiger partial charge in [0.15, 0.2) is 5.69 Å². The van der Waals surface area contributed by atoms with E-state index in [1.165, 1.54) is 19.2 Å². The minimum atomic E-state index is -4.78. The van der Waals surface area contributed by atoms with E-state index in [1.807, 2.05) is 0 Å². The molecule has 11 heteroatoms. The number of nitrogens with one attached hydrogen (secondary N) is 1. The van der Waals surface area contributed by atoms with E-state index in [1.54, 1.807) is 24.3 Å². The molecule has 0 radical (unpaired) electrons. The molecule has 0 unspecified atom stereocenters. The van der Waals surface area contributed by atoms with E-state index in [2.05, 4.69) is 20.4 Å². The largest absolute Gasteiger partial charge is 0.497 e. The number of nitrogens with zero attached hydrogens (tertiary/aromatic N) is 4. The van der Waals surface area contributed by atoms with Crippen LogP contribution in [-0.2, 0) is 6.18 Å². The number of methoxy groups -OCH3 is 1. The van der Waals surface area contributed by atoms with Gasteiger partial charge in [-0.25, -0.2) is 9.37 Å². The molecule has 0 bridgehead atoms. The topological polar surface area (TPSA) is 81.4 Å². The van der Waals surface area contributed by atoms with Crippen molar-refractivity contribution in [2.45, 2.75) is 6.18 Å². The van der Waals surface area contributed by atoms with E-state index < -0.39 is 35.2 Å². The van der Waals surface area contributed by atoms with Gasteiger partial charge in [-0.1, -0.05) is 0 Å². The molecule has 7 nitrogen and oxygen atoms in total. The monoisotopic (exact) mass is 431 g/mol. The lowest BCUT2D eigenvalue weighted by atomic mass is 10.1. The summed E-state index contributed by atoms with van der Waals surface area (Å²) in [5.74, 6) is -1.76. The molecule has 0 fully saturated rings. The Balaban J connectivity index is 1.76. The van der Waals surface area contributed by atoms with E-state index in [0.717, 1.165) is 18.2 Å². The first-order valence-electron chi connectivity index (χ1n) is 8.81. The zero-order valence-electron chi connectivity index (χ0n) is 15.8. The van der Waals surface area contributed by atoms with Gasteiger partial charge in [-0.2, -0.15) is 22.7 Å². The second-order valence-electron chi connectivity index (χ2n) is 6.36. The van der Waals surface area contributed by atoms with Crippen molar-refractivity contribution in [1.82, 2.24) is 19.6 Å². The summed E-state index contributed by atoms with van der Waals surface area (Å²) in [6.07, 6.45) is -4.78. The Morgan fingerprint density at radius 1 is 1.03 bits per heavy atom. The van der Waals surface area contributed by atoms with Crippen LogP contribution in [0, 0.1) is 5.82 Å². The predicted molar refractivity (Wildman–Crippen MR) is 102 cm³/mol. The molecule has 0 saturated heterocycles. The summed E-state index contributed by atoms with van der Waals surface area (Å²) in [6, 6.07) is 11.9. The van der Waals surface area contributed by atoms with Crippen molar-refractivity contribution in [2.24, 2.45) is 0 Å². The number of halogens is 4. The van der Waals surface area contributed by atoms with Crippen LogP contribution in [0.5, 0.6) is 5.75 Å². The summed E-state index contributed by atoms with van der Waals surface area (Å²) < 4.78 is 59.5. The van der Waals surface area contributed by atoms with Crippen LogP contribution in [0.4, 0.5) is 23.2 Å². The van der Waals surface area contributed by atoms with Gasteiger partial charge in [0, 0.05) is 11.3 Å². The molecule has 0 aliphatic heterocycles. The fourth-order valence-corrected chi connectivity index (χ4v) is 2.80. The molecule has 4 aromatic rings. The van der Waals surface area contributed by atoms with Crippen LogP contribution in [0.25, 0.3) is 17.0 Å². The van der Waals surface area contributed by atoms with Gasteiger partial charge < -0.3 is 10.1 Å². The Hall–Kier alpha value is -4.02. The Kier molecular flexibility index (Phi) is 5.01. The molecule has 4 rings (SSSR count). The number of fused-ring (bicyclic) bond motifs is 1. The zero-order chi connectivity index (χ0) is 22.2. The van der Waals surface area contributed by atoms with E-state index in [-0.39, 0.29) is 11.4 Å². The summed E-state index contributed by atoms with van der Waals surface area (Å²) in [6.45, 7) is 0. The lowest BCUT2D eigenvalue weighted by Crippen LogP contribution is -2.16. The number of amides is 1. The smallest absolute Gasteiger partial charge is 0.433 e. The van der Waals surface area contributed by atoms with Gasteiger partial charge in [0.2, 0.25) is 5.82 Å². The molecule has 31 heavy (non-hydrogen) atoms. The Morgan fingerprint density at radius 2 is 1.71 bits per heavy atom. The van der Waals surface area contributed by atoms with Gasteiger partial charge in [0.25, 0.3) is 11.7 Å². The average molecular weight is 431 g/mol. The number of ether oxygens (including phenoxy) is 1. The van der Waals surface area contributed by atoms with Crippen LogP contribution in [-0.4, -0.2) is 32.6 Å². The third-order valence-electron chi connectivity index (χ3n) is 4.29. The van der Waals surface area contributed by atoms with E-state index >= 15 is 0 Å². The second kappa shape index (κ2) is 7.67. The maximum atomic E-state index is 13.7. The zero-order valence-corrected chi connectivity index (χ0v) is 15.8. The van der Waals surface area contributed by atoms with Crippen LogP contribution in [0.1, 0.15) is 16.3 Å². The van der Waals surface area contributed by atoms with Gasteiger partial charge in [-0.3, -0.25) is 4.79 Å². The molecule has 2 aromatic carbocycles. The number of hydrogen-bond acceptors (Lipinski definition) is 5. The molecule has 1 N–H and O–H groups in total. The standard InChI is InChI=1S/C20H13F4N5O2/c1-31-14-8-2-11(3-9-14)15-10-16(20(22,23)24)29-19(26-15)27-17(28-29)18(30)25-13-6-4-12(21)5-7-13/h2-10H,1H3,(H,25,30). The molecule has 1 amide bonds. The quantitative estimate of drug-likeness (QED) is 0.490. The van der Waals surface area contributed by atoms with Crippen molar-refractivity contribution >= 4 is 17.4 Å². The van der Waals surface area contributed by atoms with Crippen LogP contribution >= 0.6 is 0 Å². The lowest BCUT2D eigenvalue weighted by molar-refractivity contribution is -0.142. The van der Waals surface area contributed by atoms with Crippen molar-refractivity contribution in [3.8, 4) is 17.0 Å². The molecule has 2 aromatic heterocycles. The highest BCUT2D eigenvalue weighted by Gasteiger charge is 2.36. The summed E-state index contributed by atoms with van der Waals surface area (Å²) >= 11 is 0. The van der Waals surface area contributed by atoms with Gasteiger partial charge in [0.05, 0.1) is 12.8 Å². The average Bonchev–Trinajstić information content (AvgIpc) is 3.18. The summed E-state index contributed by atoms with van der Waals surface area (Å²) in [7, 11) is 1.47. The highest BCUT2D eigenvalue weighted by atomic mass is 19.4. The molecular weight excluding hydrogens is 418 g/mol. The number of hydrogen-bond donors (Lipinski definition) is 1. The minimum Gasteiger partial charge on any atom is -0.497 e. The fraction of sp³-hybridized carbons (Fsp3) is 0.100. The van der Waals surface area contributed by atoms with Gasteiger partial charge in [-0.05, 0) is 54.6 Å². The van der Waals surface area contributed by atoms with E-state index in [4.69, 9.17) is 4.74 Å². The van der Waals surface area contributed by atoms with Crippen molar-refractivity contribution in [2.75, 3.05) is 12.4 Å². The molecule has 158 valence electrons. The summed E-state index contributed by atoms with van der Waals surface area (Å²) in [4.78, 5) is 20.4. The Labute approximate surface area is 172 Å². The van der Waals surface area contributed by atoms with Crippen LogP contribution in [0.15, 0.2) is 54.6 Å². The molecule has 0 aliphatic rings. The van der Waals surface area contributed by atoms with Gasteiger partial charge in [-0.15, -0.1) is 5.10 Å². The SMILES string of the molecule is COc1ccc(-c2cc(C(F)(F)F)n3nc(C(=O)Nc4ccc(F)cc4)nc3n2)cc1. The normalized spacial score (nSPS) is 11.5. The number of benzene rings is 2. The van der Waals surface area contributed by atoms with Crippen molar-refractivity contribution in [3.63, 3.8) is 0 Å². The number of alkyl halides is 3. The molecule has 0 atom stereocenters. The molecule has 2 heterocycles. The van der Waals surface area contributed by atoms with Crippen LogP contribution in [0.3, 0.4) is 0 Å². The number of carbonyl (C=O) groups is 1. The third kappa shape index (κ3) is 4.15. The van der Waals surface area contributed by atoms with E-state index in [0.29, 0.717) is 15.8 Å². The van der Waals surface area contributed by atoms with Crippen LogP contribution in [0.2, 0.25) is 0 Å². The summed E-state index contributed by atoms with van der Waals surface area (Å²) in [5.41, 5.74) is -0.515. The number of rotatable bonds is 4. The first-order chi connectivity index (χ1) is 14.7. The van der Waals surface area contributed by atoms with Crippen LogP contribution < -0.4 is 10.1 Å². The maximum absolute atomic E-state index is 13.7. The van der Waals surface area contributed by atoms with Gasteiger partial charge in [0.1, 0.15) is 11.6 Å². The minimum absolute atomic E-state index is 0.000343. The lowest BCUT2D eigenvalue weighted by Gasteiger charge is -2.10. The highest BCUT2D eigenvalue weighted by Crippen LogP contribution is 2.32. The first kappa shape index (κ1) is 20.3. The fourth-order valence-electron chi connectivity index (χ4n) is 2.80. The van der Waals surface area contributed by atoms with E-state index in [9.17, 15) is 22.4 Å². The molecule has 0 saturated carbocycles. The third-order valence-corrected chi connectivity index (χ3v) is 4.29.